The van der Waals surface area contributed by atoms with E-state index in [0.717, 1.165) is 0 Å². The second-order valence-corrected chi connectivity index (χ2v) is 3.27. The van der Waals surface area contributed by atoms with Crippen LogP contribution in [0.2, 0.25) is 0 Å². The summed E-state index contributed by atoms with van der Waals surface area (Å²) in [6, 6.07) is 1.75. The minimum Gasteiger partial charge on any atom is -1.00 e. The molecule has 18 heavy (non-hydrogen) atoms. The molecule has 0 spiro atoms. The first-order valence-corrected chi connectivity index (χ1v) is 4.71. The van der Waals surface area contributed by atoms with Crippen molar-refractivity contribution in [3.05, 3.63) is 18.5 Å². The number of carboxylic acid groups (broad SMARTS) is 2. The molecule has 1 aromatic rings. The Bertz CT molecular complexity index is 352. The Labute approximate surface area is 152 Å². The summed E-state index contributed by atoms with van der Waals surface area (Å²) in [5.41, 5.74) is 0. The average molecular weight is 275 g/mol. The summed E-state index contributed by atoms with van der Waals surface area (Å²) in [7, 11) is 0. The van der Waals surface area contributed by atoms with Gasteiger partial charge in [-0.2, -0.15) is 5.10 Å². The van der Waals surface area contributed by atoms with Crippen LogP contribution in [0.3, 0.4) is 0 Å². The standard InChI is InChI=1S/C9H13N3O4.2Na.2H/c13-8(14)6-11(7-9(15)16)4-5-12-3-1-2-10-12;;;;/h1-3H,4-7H2,(H,13,14)(H,15,16);;;;/q;2*+1;2*-1. The Kier molecular flexibility index (Phi) is 12.5. The van der Waals surface area contributed by atoms with E-state index in [1.54, 1.807) is 23.1 Å². The SMILES string of the molecule is O=C(O)CN(CCn1cccn1)CC(=O)O.[H-].[H-].[Na+].[Na+]. The molecule has 0 amide bonds. The molecule has 0 aliphatic carbocycles. The molecule has 1 heterocycles. The van der Waals surface area contributed by atoms with E-state index in [9.17, 15) is 9.59 Å². The Hall–Kier alpha value is 0.110. The molecule has 1 aromatic heterocycles. The first-order valence-electron chi connectivity index (χ1n) is 4.71. The van der Waals surface area contributed by atoms with Gasteiger partial charge in [-0.05, 0) is 6.07 Å². The van der Waals surface area contributed by atoms with Crippen LogP contribution in [-0.2, 0) is 16.1 Å². The molecule has 7 nitrogen and oxygen atoms in total. The van der Waals surface area contributed by atoms with Gasteiger partial charge in [0.05, 0.1) is 19.6 Å². The number of aliphatic carboxylic acids is 2. The fourth-order valence-electron chi connectivity index (χ4n) is 1.27. The molecule has 0 aromatic carbocycles. The zero-order valence-corrected chi connectivity index (χ0v) is 14.6. The maximum absolute atomic E-state index is 10.5. The van der Waals surface area contributed by atoms with Crippen LogP contribution in [0.15, 0.2) is 18.5 Å². The van der Waals surface area contributed by atoms with Gasteiger partial charge in [0, 0.05) is 18.9 Å². The smallest absolute Gasteiger partial charge is 1.00 e. The van der Waals surface area contributed by atoms with Gasteiger partial charge < -0.3 is 13.1 Å². The molecule has 0 aliphatic rings. The van der Waals surface area contributed by atoms with Gasteiger partial charge in [-0.3, -0.25) is 19.2 Å². The summed E-state index contributed by atoms with van der Waals surface area (Å²) >= 11 is 0. The third-order valence-corrected chi connectivity index (χ3v) is 1.92. The van der Waals surface area contributed by atoms with Gasteiger partial charge in [-0.25, -0.2) is 0 Å². The van der Waals surface area contributed by atoms with Crippen LogP contribution in [0.5, 0.6) is 0 Å². The van der Waals surface area contributed by atoms with E-state index in [2.05, 4.69) is 5.10 Å². The van der Waals surface area contributed by atoms with Crippen molar-refractivity contribution in [2.24, 2.45) is 0 Å². The molecule has 0 radical (unpaired) electrons. The molecule has 0 atom stereocenters. The third kappa shape index (κ3) is 9.09. The Morgan fingerprint density at radius 2 is 1.78 bits per heavy atom. The van der Waals surface area contributed by atoms with E-state index in [0.29, 0.717) is 13.1 Å². The van der Waals surface area contributed by atoms with Crippen molar-refractivity contribution < 1.29 is 81.8 Å². The Morgan fingerprint density at radius 1 is 1.22 bits per heavy atom. The van der Waals surface area contributed by atoms with Crippen molar-refractivity contribution in [2.45, 2.75) is 6.54 Å². The van der Waals surface area contributed by atoms with E-state index in [-0.39, 0.29) is 75.1 Å². The van der Waals surface area contributed by atoms with Crippen molar-refractivity contribution >= 4 is 11.9 Å². The minimum atomic E-state index is -1.04. The summed E-state index contributed by atoms with van der Waals surface area (Å²) in [5, 5.41) is 21.1. The second kappa shape index (κ2) is 11.0. The molecule has 0 aliphatic heterocycles. The monoisotopic (exact) mass is 275 g/mol. The van der Waals surface area contributed by atoms with Crippen molar-refractivity contribution in [2.75, 3.05) is 19.6 Å². The van der Waals surface area contributed by atoms with Crippen molar-refractivity contribution in [3.63, 3.8) is 0 Å². The van der Waals surface area contributed by atoms with Crippen LogP contribution in [0.1, 0.15) is 2.85 Å². The van der Waals surface area contributed by atoms with Crippen LogP contribution in [-0.4, -0.2) is 56.5 Å². The topological polar surface area (TPSA) is 95.7 Å². The molecule has 0 saturated heterocycles. The molecule has 1 rings (SSSR count). The number of hydrogen-bond acceptors (Lipinski definition) is 4. The first kappa shape index (κ1) is 20.4. The van der Waals surface area contributed by atoms with Gasteiger partial charge in [-0.15, -0.1) is 0 Å². The molecule has 9 heteroatoms. The van der Waals surface area contributed by atoms with Crippen molar-refractivity contribution in [1.82, 2.24) is 14.7 Å². The number of rotatable bonds is 7. The summed E-state index contributed by atoms with van der Waals surface area (Å²) in [6.45, 7) is 0.231. The zero-order valence-electron chi connectivity index (χ0n) is 12.6. The summed E-state index contributed by atoms with van der Waals surface area (Å²) in [4.78, 5) is 22.3. The number of hydrogen-bond donors (Lipinski definition) is 2. The molecule has 92 valence electrons. The van der Waals surface area contributed by atoms with Crippen LogP contribution in [0, 0.1) is 0 Å². The Morgan fingerprint density at radius 3 is 2.17 bits per heavy atom. The van der Waals surface area contributed by atoms with E-state index in [1.807, 2.05) is 0 Å². The summed E-state index contributed by atoms with van der Waals surface area (Å²) in [5.74, 6) is -2.08. The predicted octanol–water partition coefficient (Wildman–Crippen LogP) is -6.41. The van der Waals surface area contributed by atoms with Gasteiger partial charge >= 0.3 is 71.1 Å². The number of carboxylic acids is 2. The van der Waals surface area contributed by atoms with Crippen LogP contribution >= 0.6 is 0 Å². The second-order valence-electron chi connectivity index (χ2n) is 3.27. The summed E-state index contributed by atoms with van der Waals surface area (Å²) < 4.78 is 1.62. The normalized spacial score (nSPS) is 9.39. The van der Waals surface area contributed by atoms with E-state index >= 15 is 0 Å². The van der Waals surface area contributed by atoms with Gasteiger partial charge in [0.2, 0.25) is 0 Å². The van der Waals surface area contributed by atoms with Gasteiger partial charge in [0.15, 0.2) is 0 Å². The molecule has 2 N–H and O–H groups in total. The summed E-state index contributed by atoms with van der Waals surface area (Å²) in [6.07, 6.45) is 3.35. The van der Waals surface area contributed by atoms with E-state index in [1.165, 1.54) is 4.90 Å². The van der Waals surface area contributed by atoms with Gasteiger partial charge in [-0.1, -0.05) is 0 Å². The molecular formula is C9H15N3Na2O4. The van der Waals surface area contributed by atoms with E-state index < -0.39 is 11.9 Å². The quantitative estimate of drug-likeness (QED) is 0.481. The number of carbonyl (C=O) groups is 2. The number of aromatic nitrogens is 2. The van der Waals surface area contributed by atoms with Crippen LogP contribution in [0.4, 0.5) is 0 Å². The molecule has 0 saturated carbocycles. The molecule has 0 bridgehead atoms. The predicted molar refractivity (Wildman–Crippen MR) is 56.2 cm³/mol. The molecular weight excluding hydrogens is 260 g/mol. The zero-order chi connectivity index (χ0) is 12.0. The largest absolute Gasteiger partial charge is 1.00 e. The van der Waals surface area contributed by atoms with Crippen molar-refractivity contribution in [1.29, 1.82) is 0 Å². The first-order chi connectivity index (χ1) is 7.58. The molecule has 0 fully saturated rings. The fourth-order valence-corrected chi connectivity index (χ4v) is 1.27. The maximum Gasteiger partial charge on any atom is 1.00 e. The third-order valence-electron chi connectivity index (χ3n) is 1.92. The molecule has 0 unspecified atom stereocenters. The average Bonchev–Trinajstić information content (AvgIpc) is 2.64. The van der Waals surface area contributed by atoms with Crippen LogP contribution < -0.4 is 59.1 Å². The van der Waals surface area contributed by atoms with Crippen molar-refractivity contribution in [3.8, 4) is 0 Å². The van der Waals surface area contributed by atoms with Gasteiger partial charge in [0.25, 0.3) is 0 Å². The Balaban J connectivity index is -0.000000320. The van der Waals surface area contributed by atoms with E-state index in [4.69, 9.17) is 10.2 Å². The fraction of sp³-hybridized carbons (Fsp3) is 0.444. The van der Waals surface area contributed by atoms with Crippen LogP contribution in [0.25, 0.3) is 0 Å². The minimum absolute atomic E-state index is 0. The number of nitrogens with zero attached hydrogens (tertiary/aromatic N) is 3. The maximum atomic E-state index is 10.5. The van der Waals surface area contributed by atoms with Gasteiger partial charge in [0.1, 0.15) is 0 Å².